The maximum Gasteiger partial charge on any atom is 0.123 e. The van der Waals surface area contributed by atoms with Crippen LogP contribution in [0.25, 0.3) is 0 Å². The minimum Gasteiger partial charge on any atom is -0.309 e. The van der Waals surface area contributed by atoms with Gasteiger partial charge < -0.3 is 5.32 Å². The van der Waals surface area contributed by atoms with E-state index in [1.807, 2.05) is 13.0 Å². The first-order chi connectivity index (χ1) is 8.37. The first-order valence-corrected chi connectivity index (χ1v) is 6.61. The molecule has 1 aliphatic heterocycles. The fourth-order valence-corrected chi connectivity index (χ4v) is 2.54. The number of aryl methyl sites for hydroxylation is 1. The molecule has 0 radical (unpaired) electrons. The topological polar surface area (TPSA) is 15.3 Å². The molecule has 0 aromatic heterocycles. The molecular formula is C15H23FN2. The fraction of sp³-hybridized carbons (Fsp3) is 0.600. The lowest BCUT2D eigenvalue weighted by atomic mass is 9.98. The molecule has 0 bridgehead atoms. The number of nitrogens with one attached hydrogen (secondary N) is 1. The number of halogens is 1. The Morgan fingerprint density at radius 2 is 2.17 bits per heavy atom. The van der Waals surface area contributed by atoms with E-state index in [4.69, 9.17) is 0 Å². The van der Waals surface area contributed by atoms with Crippen molar-refractivity contribution in [2.75, 3.05) is 13.1 Å². The summed E-state index contributed by atoms with van der Waals surface area (Å²) in [7, 11) is 0. The van der Waals surface area contributed by atoms with E-state index in [9.17, 15) is 4.39 Å². The third kappa shape index (κ3) is 3.09. The molecule has 1 heterocycles. The largest absolute Gasteiger partial charge is 0.309 e. The van der Waals surface area contributed by atoms with Crippen LogP contribution in [0.5, 0.6) is 0 Å². The van der Waals surface area contributed by atoms with Crippen LogP contribution in [0.1, 0.15) is 31.9 Å². The summed E-state index contributed by atoms with van der Waals surface area (Å²) >= 11 is 0. The summed E-state index contributed by atoms with van der Waals surface area (Å²) in [5, 5.41) is 3.55. The van der Waals surface area contributed by atoms with Crippen molar-refractivity contribution in [1.29, 1.82) is 0 Å². The van der Waals surface area contributed by atoms with E-state index in [2.05, 4.69) is 31.0 Å². The van der Waals surface area contributed by atoms with Gasteiger partial charge in [-0.25, -0.2) is 4.39 Å². The maximum absolute atomic E-state index is 13.1. The molecule has 1 saturated heterocycles. The number of rotatable bonds is 2. The van der Waals surface area contributed by atoms with Gasteiger partial charge in [-0.2, -0.15) is 0 Å². The summed E-state index contributed by atoms with van der Waals surface area (Å²) in [4.78, 5) is 2.47. The lowest BCUT2D eigenvalue weighted by molar-refractivity contribution is 0.0975. The van der Waals surface area contributed by atoms with Gasteiger partial charge in [0.25, 0.3) is 0 Å². The Hall–Kier alpha value is -0.930. The predicted octanol–water partition coefficient (Wildman–Crippen LogP) is 2.71. The third-order valence-corrected chi connectivity index (χ3v) is 3.78. The zero-order chi connectivity index (χ0) is 13.3. The average Bonchev–Trinajstić information content (AvgIpc) is 2.27. The van der Waals surface area contributed by atoms with Crippen LogP contribution in [0, 0.1) is 12.7 Å². The van der Waals surface area contributed by atoms with Crippen molar-refractivity contribution >= 4 is 0 Å². The molecule has 100 valence electrons. The summed E-state index contributed by atoms with van der Waals surface area (Å²) in [6.45, 7) is 11.6. The summed E-state index contributed by atoms with van der Waals surface area (Å²) in [5.74, 6) is -0.148. The molecule has 0 spiro atoms. The number of piperazine rings is 1. The second kappa shape index (κ2) is 4.98. The van der Waals surface area contributed by atoms with E-state index in [1.165, 1.54) is 5.56 Å². The van der Waals surface area contributed by atoms with Gasteiger partial charge in [-0.15, -0.1) is 0 Å². The smallest absolute Gasteiger partial charge is 0.123 e. The van der Waals surface area contributed by atoms with Crippen molar-refractivity contribution in [3.05, 3.63) is 35.1 Å². The molecular weight excluding hydrogens is 227 g/mol. The van der Waals surface area contributed by atoms with Crippen molar-refractivity contribution in [3.63, 3.8) is 0 Å². The monoisotopic (exact) mass is 250 g/mol. The highest BCUT2D eigenvalue weighted by atomic mass is 19.1. The van der Waals surface area contributed by atoms with E-state index < -0.39 is 0 Å². The van der Waals surface area contributed by atoms with Gasteiger partial charge in [0.2, 0.25) is 0 Å². The first kappa shape index (κ1) is 13.5. The number of hydrogen-bond acceptors (Lipinski definition) is 2. The normalized spacial score (nSPS) is 24.2. The molecule has 1 unspecified atom stereocenters. The quantitative estimate of drug-likeness (QED) is 0.868. The predicted molar refractivity (Wildman–Crippen MR) is 73.1 cm³/mol. The molecule has 2 rings (SSSR count). The van der Waals surface area contributed by atoms with Crippen LogP contribution in [0.2, 0.25) is 0 Å². The van der Waals surface area contributed by atoms with E-state index in [0.717, 1.165) is 25.2 Å². The Morgan fingerprint density at radius 3 is 2.83 bits per heavy atom. The summed E-state index contributed by atoms with van der Waals surface area (Å²) < 4.78 is 13.1. The third-order valence-electron chi connectivity index (χ3n) is 3.78. The lowest BCUT2D eigenvalue weighted by Crippen LogP contribution is -2.60. The van der Waals surface area contributed by atoms with Gasteiger partial charge in [0.1, 0.15) is 5.82 Å². The van der Waals surface area contributed by atoms with Crippen LogP contribution < -0.4 is 5.32 Å². The van der Waals surface area contributed by atoms with Crippen LogP contribution >= 0.6 is 0 Å². The van der Waals surface area contributed by atoms with Crippen molar-refractivity contribution < 1.29 is 4.39 Å². The zero-order valence-corrected chi connectivity index (χ0v) is 11.8. The Balaban J connectivity index is 2.12. The molecule has 1 N–H and O–H groups in total. The van der Waals surface area contributed by atoms with E-state index in [0.29, 0.717) is 6.04 Å². The molecule has 1 aromatic rings. The van der Waals surface area contributed by atoms with E-state index >= 15 is 0 Å². The number of benzene rings is 1. The van der Waals surface area contributed by atoms with Gasteiger partial charge in [-0.05, 0) is 51.0 Å². The van der Waals surface area contributed by atoms with Crippen LogP contribution in [0.15, 0.2) is 18.2 Å². The second-order valence-corrected chi connectivity index (χ2v) is 6.09. The van der Waals surface area contributed by atoms with Gasteiger partial charge >= 0.3 is 0 Å². The van der Waals surface area contributed by atoms with E-state index in [1.54, 1.807) is 12.1 Å². The Labute approximate surface area is 109 Å². The van der Waals surface area contributed by atoms with Crippen molar-refractivity contribution in [1.82, 2.24) is 10.2 Å². The van der Waals surface area contributed by atoms with Crippen LogP contribution in [0.3, 0.4) is 0 Å². The molecule has 0 aliphatic carbocycles. The molecule has 2 nitrogen and oxygen atoms in total. The lowest BCUT2D eigenvalue weighted by Gasteiger charge is -2.43. The number of nitrogens with zero attached hydrogens (tertiary/aromatic N) is 1. The van der Waals surface area contributed by atoms with Gasteiger partial charge in [-0.1, -0.05) is 6.07 Å². The van der Waals surface area contributed by atoms with Crippen LogP contribution in [0.4, 0.5) is 4.39 Å². The maximum atomic E-state index is 13.1. The Morgan fingerprint density at radius 1 is 1.44 bits per heavy atom. The minimum absolute atomic E-state index is 0.148. The van der Waals surface area contributed by atoms with Gasteiger partial charge in [-0.3, -0.25) is 4.90 Å². The number of hydrogen-bond donors (Lipinski definition) is 1. The SMILES string of the molecule is Cc1cc(F)ccc1CN1CC(C)(C)NCC1C. The second-order valence-electron chi connectivity index (χ2n) is 6.09. The highest BCUT2D eigenvalue weighted by molar-refractivity contribution is 5.26. The Bertz CT molecular complexity index is 429. The van der Waals surface area contributed by atoms with Crippen molar-refractivity contribution in [2.45, 2.75) is 45.8 Å². The molecule has 0 saturated carbocycles. The standard InChI is InChI=1S/C15H23FN2/c1-11-7-14(16)6-5-13(11)9-18-10-15(3,4)17-8-12(18)2/h5-7,12,17H,8-10H2,1-4H3. The van der Waals surface area contributed by atoms with Gasteiger partial charge in [0.15, 0.2) is 0 Å². The summed E-state index contributed by atoms with van der Waals surface area (Å²) in [6, 6.07) is 5.60. The average molecular weight is 250 g/mol. The molecule has 1 aliphatic rings. The van der Waals surface area contributed by atoms with E-state index in [-0.39, 0.29) is 11.4 Å². The highest BCUT2D eigenvalue weighted by Crippen LogP contribution is 2.19. The molecule has 1 atom stereocenters. The molecule has 0 amide bonds. The molecule has 3 heteroatoms. The zero-order valence-electron chi connectivity index (χ0n) is 11.8. The van der Waals surface area contributed by atoms with Crippen LogP contribution in [-0.4, -0.2) is 29.6 Å². The van der Waals surface area contributed by atoms with Gasteiger partial charge in [0, 0.05) is 31.2 Å². The van der Waals surface area contributed by atoms with Gasteiger partial charge in [0.05, 0.1) is 0 Å². The fourth-order valence-electron chi connectivity index (χ4n) is 2.54. The van der Waals surface area contributed by atoms with Crippen molar-refractivity contribution in [3.8, 4) is 0 Å². The summed E-state index contributed by atoms with van der Waals surface area (Å²) in [6.07, 6.45) is 0. The molecule has 18 heavy (non-hydrogen) atoms. The molecule has 1 fully saturated rings. The Kier molecular flexibility index (Phi) is 3.74. The summed E-state index contributed by atoms with van der Waals surface area (Å²) in [5.41, 5.74) is 2.42. The highest BCUT2D eigenvalue weighted by Gasteiger charge is 2.30. The van der Waals surface area contributed by atoms with Crippen molar-refractivity contribution in [2.24, 2.45) is 0 Å². The minimum atomic E-state index is -0.148. The molecule has 1 aromatic carbocycles. The first-order valence-electron chi connectivity index (χ1n) is 6.61. The van der Waals surface area contributed by atoms with Crippen LogP contribution in [-0.2, 0) is 6.54 Å².